The number of carboxylic acids is 1. The second kappa shape index (κ2) is 14.5. The molecule has 0 spiro atoms. The molecule has 0 radical (unpaired) electrons. The molecule has 9 atom stereocenters. The monoisotopic (exact) mass is 668 g/mol. The molecule has 0 heterocycles. The van der Waals surface area contributed by atoms with E-state index in [1.165, 1.54) is 77.0 Å². The molecule has 4 aliphatic carbocycles. The van der Waals surface area contributed by atoms with E-state index < -0.39 is 11.9 Å². The lowest BCUT2D eigenvalue weighted by Gasteiger charge is -2.61. The van der Waals surface area contributed by atoms with Gasteiger partial charge in [-0.1, -0.05) is 65.9 Å². The number of anilines is 2. The Morgan fingerprint density at radius 3 is 2.41 bits per heavy atom. The zero-order valence-electron chi connectivity index (χ0n) is 30.4. The summed E-state index contributed by atoms with van der Waals surface area (Å²) in [7, 11) is 0. The van der Waals surface area contributed by atoms with E-state index in [2.05, 4.69) is 27.7 Å². The van der Waals surface area contributed by atoms with Gasteiger partial charge in [0.2, 0.25) is 0 Å². The van der Waals surface area contributed by atoms with Gasteiger partial charge in [-0.05, 0) is 158 Å². The molecular weight excluding hydrogens is 608 g/mol. The third-order valence-corrected chi connectivity index (χ3v) is 14.2. The zero-order valence-corrected chi connectivity index (χ0v) is 30.4. The minimum Gasteiger partial charge on any atom is -0.478 e. The minimum atomic E-state index is -1.000. The number of nitrogen functional groups attached to an aromatic ring is 2. The molecule has 266 valence electrons. The maximum Gasteiger partial charge on any atom is 0.343 e. The fourth-order valence-electron chi connectivity index (χ4n) is 11.8. The van der Waals surface area contributed by atoms with E-state index in [-0.39, 0.29) is 0 Å². The fraction of sp³-hybridized carbons (Fsp3) is 0.628. The molecule has 4 saturated carbocycles. The Morgan fingerprint density at radius 1 is 0.898 bits per heavy atom. The predicted molar refractivity (Wildman–Crippen MR) is 199 cm³/mol. The van der Waals surface area contributed by atoms with Crippen LogP contribution < -0.4 is 16.2 Å². The predicted octanol–water partition coefficient (Wildman–Crippen LogP) is 10.2. The van der Waals surface area contributed by atoms with Gasteiger partial charge in [0.05, 0.1) is 5.56 Å². The SMILES string of the molecule is CC(CCC[C@@H](C)[C@H]1CC[C@H]2[C@@H]3CCC4CCCC[C@]4(C)[C@H]3CC[C@]12C)Cc1cc(C=CC(=O)O)ccc1OC(=O)c1cc(N)cc(N)c1. The number of esters is 1. The van der Waals surface area contributed by atoms with Crippen LogP contribution in [0.4, 0.5) is 11.4 Å². The van der Waals surface area contributed by atoms with Crippen molar-refractivity contribution in [3.05, 3.63) is 59.2 Å². The van der Waals surface area contributed by atoms with Crippen LogP contribution in [0, 0.1) is 52.3 Å². The first-order chi connectivity index (χ1) is 23.4. The maximum absolute atomic E-state index is 13.1. The summed E-state index contributed by atoms with van der Waals surface area (Å²) in [4.78, 5) is 24.3. The summed E-state index contributed by atoms with van der Waals surface area (Å²) < 4.78 is 5.88. The van der Waals surface area contributed by atoms with Gasteiger partial charge >= 0.3 is 11.9 Å². The van der Waals surface area contributed by atoms with Crippen molar-refractivity contribution in [1.82, 2.24) is 0 Å². The van der Waals surface area contributed by atoms with Crippen LogP contribution in [-0.4, -0.2) is 17.0 Å². The second-order valence-corrected chi connectivity index (χ2v) is 17.2. The number of hydrogen-bond acceptors (Lipinski definition) is 5. The fourth-order valence-corrected chi connectivity index (χ4v) is 11.8. The van der Waals surface area contributed by atoms with Crippen LogP contribution in [0.1, 0.15) is 133 Å². The number of aliphatic carboxylic acids is 1. The van der Waals surface area contributed by atoms with Crippen molar-refractivity contribution < 1.29 is 19.4 Å². The molecule has 4 fully saturated rings. The van der Waals surface area contributed by atoms with Crippen LogP contribution in [-0.2, 0) is 11.2 Å². The molecule has 2 aromatic carbocycles. The van der Waals surface area contributed by atoms with Gasteiger partial charge in [-0.15, -0.1) is 0 Å². The molecule has 4 aliphatic rings. The number of nitrogens with two attached hydrogens (primary N) is 2. The standard InChI is InChI=1S/C43H60N2O4/c1-27(22-30-23-29(12-18-40(46)47)11-17-39(30)49-41(48)31-24-33(44)26-34(45)25-31)8-7-9-28(2)36-15-16-37-35-14-13-32-10-5-6-20-42(32,3)38(35)19-21-43(36,37)4/h11-12,17-18,23-28,32,35-38H,5-10,13-16,19-22,44-45H2,1-4H3,(H,46,47)/t27?,28-,32?,35+,36-,37+,38+,42+,43-/m1/s1. The third-order valence-electron chi connectivity index (χ3n) is 14.2. The molecule has 0 saturated heterocycles. The van der Waals surface area contributed by atoms with Crippen LogP contribution in [0.2, 0.25) is 0 Å². The molecule has 6 rings (SSSR count). The molecule has 2 unspecified atom stereocenters. The summed E-state index contributed by atoms with van der Waals surface area (Å²) in [5.74, 6) is 4.72. The summed E-state index contributed by atoms with van der Waals surface area (Å²) in [6, 6.07) is 10.2. The summed E-state index contributed by atoms with van der Waals surface area (Å²) in [6.07, 6.45) is 21.6. The topological polar surface area (TPSA) is 116 Å². The van der Waals surface area contributed by atoms with Crippen molar-refractivity contribution in [1.29, 1.82) is 0 Å². The molecular formula is C43H60N2O4. The molecule has 5 N–H and O–H groups in total. The van der Waals surface area contributed by atoms with Gasteiger partial charge in [0.25, 0.3) is 0 Å². The van der Waals surface area contributed by atoms with E-state index >= 15 is 0 Å². The van der Waals surface area contributed by atoms with Gasteiger partial charge in [0.15, 0.2) is 0 Å². The summed E-state index contributed by atoms with van der Waals surface area (Å²) in [5, 5.41) is 9.16. The van der Waals surface area contributed by atoms with Crippen molar-refractivity contribution in [3.8, 4) is 5.75 Å². The highest BCUT2D eigenvalue weighted by atomic mass is 16.5. The van der Waals surface area contributed by atoms with Crippen molar-refractivity contribution >= 4 is 29.4 Å². The van der Waals surface area contributed by atoms with Gasteiger partial charge in [-0.25, -0.2) is 9.59 Å². The van der Waals surface area contributed by atoms with E-state index in [1.54, 1.807) is 36.4 Å². The number of carbonyl (C=O) groups excluding carboxylic acids is 1. The van der Waals surface area contributed by atoms with Crippen molar-refractivity contribution in [2.45, 2.75) is 118 Å². The van der Waals surface area contributed by atoms with Crippen molar-refractivity contribution in [2.75, 3.05) is 11.5 Å². The lowest BCUT2D eigenvalue weighted by molar-refractivity contribution is -0.131. The Kier molecular flexibility index (Phi) is 10.5. The second-order valence-electron chi connectivity index (χ2n) is 17.2. The maximum atomic E-state index is 13.1. The Balaban J connectivity index is 1.07. The number of carbonyl (C=O) groups is 2. The van der Waals surface area contributed by atoms with Gasteiger partial charge < -0.3 is 21.3 Å². The van der Waals surface area contributed by atoms with Gasteiger partial charge in [-0.3, -0.25) is 0 Å². The minimum absolute atomic E-state index is 0.299. The average Bonchev–Trinajstić information content (AvgIpc) is 3.41. The smallest absolute Gasteiger partial charge is 0.343 e. The van der Waals surface area contributed by atoms with Gasteiger partial charge in [0.1, 0.15) is 5.75 Å². The van der Waals surface area contributed by atoms with E-state index in [1.807, 2.05) is 6.07 Å². The Morgan fingerprint density at radius 2 is 1.65 bits per heavy atom. The Bertz CT molecular complexity index is 1530. The van der Waals surface area contributed by atoms with Crippen LogP contribution in [0.3, 0.4) is 0 Å². The highest BCUT2D eigenvalue weighted by Crippen LogP contribution is 2.68. The van der Waals surface area contributed by atoms with Gasteiger partial charge in [-0.2, -0.15) is 0 Å². The van der Waals surface area contributed by atoms with E-state index in [9.17, 15) is 9.59 Å². The molecule has 0 amide bonds. The molecule has 49 heavy (non-hydrogen) atoms. The molecule has 0 aliphatic heterocycles. The first kappa shape index (κ1) is 35.5. The first-order valence-corrected chi connectivity index (χ1v) is 19.3. The van der Waals surface area contributed by atoms with E-state index in [0.29, 0.717) is 39.4 Å². The number of rotatable bonds is 11. The number of hydrogen-bond donors (Lipinski definition) is 3. The van der Waals surface area contributed by atoms with Gasteiger partial charge in [0, 0.05) is 17.5 Å². The van der Waals surface area contributed by atoms with Crippen molar-refractivity contribution in [2.24, 2.45) is 52.3 Å². The summed E-state index contributed by atoms with van der Waals surface area (Å²) in [6.45, 7) is 10.2. The summed E-state index contributed by atoms with van der Waals surface area (Å²) >= 11 is 0. The van der Waals surface area contributed by atoms with Crippen LogP contribution in [0.25, 0.3) is 6.08 Å². The number of ether oxygens (including phenoxy) is 1. The van der Waals surface area contributed by atoms with Crippen molar-refractivity contribution in [3.63, 3.8) is 0 Å². The molecule has 0 aromatic heterocycles. The Hall–Kier alpha value is -3.28. The van der Waals surface area contributed by atoms with Crippen LogP contribution in [0.5, 0.6) is 5.75 Å². The largest absolute Gasteiger partial charge is 0.478 e. The van der Waals surface area contributed by atoms with Crippen LogP contribution >= 0.6 is 0 Å². The highest BCUT2D eigenvalue weighted by molar-refractivity contribution is 5.93. The number of carboxylic acid groups (broad SMARTS) is 1. The highest BCUT2D eigenvalue weighted by Gasteiger charge is 2.60. The third kappa shape index (κ3) is 7.44. The zero-order chi connectivity index (χ0) is 34.9. The lowest BCUT2D eigenvalue weighted by Crippen LogP contribution is -2.53. The molecule has 6 nitrogen and oxygen atoms in total. The lowest BCUT2D eigenvalue weighted by atomic mass is 9.44. The molecule has 2 aromatic rings. The molecule has 0 bridgehead atoms. The quantitative estimate of drug-likeness (QED) is 0.0950. The summed E-state index contributed by atoms with van der Waals surface area (Å²) in [5.41, 5.74) is 15.7. The number of fused-ring (bicyclic) bond motifs is 5. The number of benzene rings is 2. The first-order valence-electron chi connectivity index (χ1n) is 19.3. The van der Waals surface area contributed by atoms with E-state index in [0.717, 1.165) is 65.6 Å². The Labute approximate surface area is 294 Å². The molecule has 6 heteroatoms. The van der Waals surface area contributed by atoms with E-state index in [4.69, 9.17) is 21.3 Å². The average molecular weight is 669 g/mol. The normalized spacial score (nSPS) is 32.1. The van der Waals surface area contributed by atoms with Crippen LogP contribution in [0.15, 0.2) is 42.5 Å².